The van der Waals surface area contributed by atoms with Gasteiger partial charge in [-0.3, -0.25) is 10.2 Å². The minimum Gasteiger partial charge on any atom is -0.481 e. The summed E-state index contributed by atoms with van der Waals surface area (Å²) in [4.78, 5) is 22.6. The number of nitrogens with one attached hydrogen (secondary N) is 3. The molecule has 6 heteroatoms. The summed E-state index contributed by atoms with van der Waals surface area (Å²) < 4.78 is 0. The van der Waals surface area contributed by atoms with Crippen molar-refractivity contribution in [3.8, 4) is 0 Å². The maximum absolute atomic E-state index is 12.0. The molecule has 0 aliphatic heterocycles. The fraction of sp³-hybridized carbons (Fsp3) is 0.545. The van der Waals surface area contributed by atoms with Crippen molar-refractivity contribution >= 4 is 17.7 Å². The average Bonchev–Trinajstić information content (AvgIpc) is 3.27. The number of anilines is 1. The van der Waals surface area contributed by atoms with Crippen LogP contribution in [0.2, 0.25) is 0 Å². The first kappa shape index (κ1) is 20.4. The van der Waals surface area contributed by atoms with Crippen LogP contribution in [0.3, 0.4) is 0 Å². The molecular formula is C22H31N3O3. The molecule has 2 bridgehead atoms. The molecule has 2 saturated carbocycles. The number of fused-ring (bicyclic) bond motifs is 2. The molecule has 2 aliphatic rings. The molecule has 4 unspecified atom stereocenters. The van der Waals surface area contributed by atoms with Gasteiger partial charge in [-0.05, 0) is 74.3 Å². The first-order valence-corrected chi connectivity index (χ1v) is 10.3. The van der Waals surface area contributed by atoms with Crippen molar-refractivity contribution in [1.29, 1.82) is 0 Å². The van der Waals surface area contributed by atoms with Gasteiger partial charge in [-0.25, -0.2) is 10.2 Å². The van der Waals surface area contributed by atoms with Gasteiger partial charge in [0.15, 0.2) is 0 Å². The van der Waals surface area contributed by atoms with E-state index >= 15 is 0 Å². The molecule has 3 rings (SSSR count). The van der Waals surface area contributed by atoms with Crippen molar-refractivity contribution in [2.75, 3.05) is 11.9 Å². The Hall–Kier alpha value is -2.34. The van der Waals surface area contributed by atoms with E-state index in [4.69, 9.17) is 5.11 Å². The van der Waals surface area contributed by atoms with Crippen LogP contribution in [0.4, 0.5) is 10.5 Å². The number of amides is 2. The van der Waals surface area contributed by atoms with Crippen LogP contribution >= 0.6 is 0 Å². The van der Waals surface area contributed by atoms with E-state index in [0.717, 1.165) is 36.9 Å². The summed E-state index contributed by atoms with van der Waals surface area (Å²) in [5.74, 6) is 2.05. The summed E-state index contributed by atoms with van der Waals surface area (Å²) >= 11 is 0. The Morgan fingerprint density at radius 1 is 1.07 bits per heavy atom. The fourth-order valence-electron chi connectivity index (χ4n) is 4.89. The highest BCUT2D eigenvalue weighted by Gasteiger charge is 2.46. The quantitative estimate of drug-likeness (QED) is 0.276. The van der Waals surface area contributed by atoms with E-state index in [-0.39, 0.29) is 12.5 Å². The molecule has 0 radical (unpaired) electrons. The largest absolute Gasteiger partial charge is 0.481 e. The summed E-state index contributed by atoms with van der Waals surface area (Å²) in [6, 6.07) is 9.15. The van der Waals surface area contributed by atoms with E-state index in [1.807, 2.05) is 30.3 Å². The molecule has 1 aromatic carbocycles. The second-order valence-corrected chi connectivity index (χ2v) is 7.98. The Kier molecular flexibility index (Phi) is 7.48. The summed E-state index contributed by atoms with van der Waals surface area (Å²) in [5, 5.41) is 11.5. The number of benzene rings is 1. The van der Waals surface area contributed by atoms with Crippen LogP contribution in [-0.2, 0) is 4.79 Å². The molecule has 28 heavy (non-hydrogen) atoms. The summed E-state index contributed by atoms with van der Waals surface area (Å²) in [6.45, 7) is 0.793. The number of carbonyl (C=O) groups is 2. The van der Waals surface area contributed by atoms with Crippen LogP contribution in [0, 0.1) is 23.7 Å². The second kappa shape index (κ2) is 10.3. The summed E-state index contributed by atoms with van der Waals surface area (Å²) in [7, 11) is 0. The average molecular weight is 386 g/mol. The third-order valence-electron chi connectivity index (χ3n) is 6.18. The lowest BCUT2D eigenvalue weighted by molar-refractivity contribution is -0.137. The summed E-state index contributed by atoms with van der Waals surface area (Å²) in [6.07, 6.45) is 11.1. The third-order valence-corrected chi connectivity index (χ3v) is 6.18. The number of carboxylic acid groups (broad SMARTS) is 1. The van der Waals surface area contributed by atoms with E-state index in [9.17, 15) is 9.59 Å². The molecule has 1 aromatic rings. The Morgan fingerprint density at radius 3 is 2.57 bits per heavy atom. The first-order valence-electron chi connectivity index (χ1n) is 10.3. The van der Waals surface area contributed by atoms with Crippen LogP contribution in [-0.4, -0.2) is 23.7 Å². The van der Waals surface area contributed by atoms with Gasteiger partial charge in [-0.1, -0.05) is 30.4 Å². The third kappa shape index (κ3) is 5.83. The fourth-order valence-corrected chi connectivity index (χ4v) is 4.89. The van der Waals surface area contributed by atoms with Crippen molar-refractivity contribution in [3.63, 3.8) is 0 Å². The zero-order chi connectivity index (χ0) is 19.8. The molecule has 0 spiro atoms. The number of hydrogen-bond acceptors (Lipinski definition) is 3. The van der Waals surface area contributed by atoms with Crippen LogP contribution in [0.1, 0.15) is 44.9 Å². The lowest BCUT2D eigenvalue weighted by atomic mass is 9.77. The molecule has 2 amide bonds. The van der Waals surface area contributed by atoms with E-state index < -0.39 is 5.97 Å². The minimum absolute atomic E-state index is 0.238. The zero-order valence-electron chi connectivity index (χ0n) is 16.3. The topological polar surface area (TPSA) is 90.5 Å². The van der Waals surface area contributed by atoms with Gasteiger partial charge < -0.3 is 10.4 Å². The molecule has 2 fully saturated rings. The lowest BCUT2D eigenvalue weighted by Crippen LogP contribution is -2.44. The number of aliphatic carboxylic acids is 1. The molecule has 152 valence electrons. The van der Waals surface area contributed by atoms with E-state index in [1.165, 1.54) is 19.3 Å². The number of para-hydroxylation sites is 1. The van der Waals surface area contributed by atoms with Gasteiger partial charge in [-0.2, -0.15) is 0 Å². The number of hydrazine groups is 1. The van der Waals surface area contributed by atoms with Gasteiger partial charge in [-0.15, -0.1) is 0 Å². The van der Waals surface area contributed by atoms with Gasteiger partial charge in [0.25, 0.3) is 0 Å². The SMILES string of the molecule is O=C(O)CCC/C=C\CC1C2CCC(C2)C1CNNC(=O)Nc1ccccc1. The van der Waals surface area contributed by atoms with E-state index in [0.29, 0.717) is 18.3 Å². The maximum Gasteiger partial charge on any atom is 0.333 e. The minimum atomic E-state index is -0.726. The number of unbranched alkanes of at least 4 members (excludes halogenated alkanes) is 1. The molecule has 4 N–H and O–H groups in total. The Balaban J connectivity index is 1.40. The van der Waals surface area contributed by atoms with Crippen LogP contribution in [0.5, 0.6) is 0 Å². The standard InChI is InChI=1S/C22H31N3O3/c26-21(27)11-7-2-1-6-10-19-16-12-13-17(14-16)20(19)15-23-25-22(28)24-18-8-4-3-5-9-18/h1,3-6,8-9,16-17,19-20,23H,2,7,10-15H2,(H,26,27)(H2,24,25,28)/b6-1-. The summed E-state index contributed by atoms with van der Waals surface area (Å²) in [5.41, 5.74) is 6.66. The molecule has 0 heterocycles. The Labute approximate surface area is 166 Å². The van der Waals surface area contributed by atoms with Gasteiger partial charge in [0.1, 0.15) is 0 Å². The number of carboxylic acids is 1. The predicted molar refractivity (Wildman–Crippen MR) is 110 cm³/mol. The Morgan fingerprint density at radius 2 is 1.82 bits per heavy atom. The number of hydrogen-bond donors (Lipinski definition) is 4. The monoisotopic (exact) mass is 385 g/mol. The highest BCUT2D eigenvalue weighted by atomic mass is 16.4. The lowest BCUT2D eigenvalue weighted by Gasteiger charge is -2.30. The van der Waals surface area contributed by atoms with E-state index in [2.05, 4.69) is 28.3 Å². The van der Waals surface area contributed by atoms with Gasteiger partial charge in [0, 0.05) is 18.7 Å². The predicted octanol–water partition coefficient (Wildman–Crippen LogP) is 4.18. The zero-order valence-corrected chi connectivity index (χ0v) is 16.3. The van der Waals surface area contributed by atoms with Crippen molar-refractivity contribution in [1.82, 2.24) is 10.9 Å². The van der Waals surface area contributed by atoms with Crippen LogP contribution < -0.4 is 16.2 Å². The highest BCUT2D eigenvalue weighted by molar-refractivity contribution is 5.88. The van der Waals surface area contributed by atoms with Crippen molar-refractivity contribution in [2.24, 2.45) is 23.7 Å². The molecule has 4 atom stereocenters. The molecule has 2 aliphatic carbocycles. The first-order chi connectivity index (χ1) is 13.6. The molecule has 6 nitrogen and oxygen atoms in total. The number of allylic oxidation sites excluding steroid dienone is 2. The van der Waals surface area contributed by atoms with Crippen LogP contribution in [0.25, 0.3) is 0 Å². The van der Waals surface area contributed by atoms with Crippen molar-refractivity contribution in [2.45, 2.75) is 44.9 Å². The normalized spacial score (nSPS) is 25.9. The van der Waals surface area contributed by atoms with Crippen molar-refractivity contribution < 1.29 is 14.7 Å². The van der Waals surface area contributed by atoms with Gasteiger partial charge >= 0.3 is 12.0 Å². The second-order valence-electron chi connectivity index (χ2n) is 7.98. The van der Waals surface area contributed by atoms with Gasteiger partial charge in [0.2, 0.25) is 0 Å². The van der Waals surface area contributed by atoms with Crippen molar-refractivity contribution in [3.05, 3.63) is 42.5 Å². The molecule has 0 saturated heterocycles. The number of carbonyl (C=O) groups excluding carboxylic acids is 1. The maximum atomic E-state index is 12.0. The molecular weight excluding hydrogens is 354 g/mol. The number of rotatable bonds is 10. The molecule has 0 aromatic heterocycles. The smallest absolute Gasteiger partial charge is 0.333 e. The van der Waals surface area contributed by atoms with Gasteiger partial charge in [0.05, 0.1) is 0 Å². The highest BCUT2D eigenvalue weighted by Crippen LogP contribution is 2.53. The Bertz CT molecular complexity index is 677. The van der Waals surface area contributed by atoms with E-state index in [1.54, 1.807) is 0 Å². The van der Waals surface area contributed by atoms with Crippen LogP contribution in [0.15, 0.2) is 42.5 Å². The number of urea groups is 1.